The quantitative estimate of drug-likeness (QED) is 0.387. The summed E-state index contributed by atoms with van der Waals surface area (Å²) in [6, 6.07) is 16.4. The summed E-state index contributed by atoms with van der Waals surface area (Å²) in [6.07, 6.45) is 2.42. The topological polar surface area (TPSA) is 36.4 Å². The van der Waals surface area contributed by atoms with E-state index in [2.05, 4.69) is 9.88 Å². The molecule has 8 heteroatoms. The molecule has 0 radical (unpaired) electrons. The largest absolute Gasteiger partial charge is 0.356 e. The minimum absolute atomic E-state index is 0.0113. The minimum Gasteiger partial charge on any atom is -0.356 e. The number of hydrogen-bond donors (Lipinski definition) is 0. The van der Waals surface area contributed by atoms with Gasteiger partial charge in [-0.3, -0.25) is 4.79 Å². The molecule has 0 spiro atoms. The van der Waals surface area contributed by atoms with Crippen LogP contribution >= 0.6 is 46.4 Å². The van der Waals surface area contributed by atoms with Crippen molar-refractivity contribution in [3.05, 3.63) is 92.0 Å². The molecule has 2 aromatic carbocycles. The van der Waals surface area contributed by atoms with Crippen molar-refractivity contribution in [1.82, 2.24) is 9.88 Å². The summed E-state index contributed by atoms with van der Waals surface area (Å²) in [5, 5.41) is 2.19. The van der Waals surface area contributed by atoms with Gasteiger partial charge in [0.2, 0.25) is 0 Å². The van der Waals surface area contributed by atoms with E-state index in [-0.39, 0.29) is 17.9 Å². The van der Waals surface area contributed by atoms with Crippen LogP contribution in [0, 0.1) is 0 Å². The number of carbonyl (C=O) groups is 1. The van der Waals surface area contributed by atoms with Gasteiger partial charge in [-0.2, -0.15) is 0 Å². The molecule has 1 aromatic heterocycles. The molecule has 0 unspecified atom stereocenters. The second-order valence-electron chi connectivity index (χ2n) is 7.84. The molecule has 0 N–H and O–H groups in total. The Bertz CT molecular complexity index is 1110. The molecule has 2 heterocycles. The van der Waals surface area contributed by atoms with Crippen molar-refractivity contribution in [2.24, 2.45) is 0 Å². The van der Waals surface area contributed by atoms with E-state index < -0.39 is 0 Å². The lowest BCUT2D eigenvalue weighted by atomic mass is 9.84. The Kier molecular flexibility index (Phi) is 7.16. The number of nitrogens with zero attached hydrogens (tertiary/aromatic N) is 3. The third kappa shape index (κ3) is 4.99. The zero-order chi connectivity index (χ0) is 22.8. The van der Waals surface area contributed by atoms with Crippen LogP contribution in [0.4, 0.5) is 5.82 Å². The Balaban J connectivity index is 1.65. The molecule has 1 fully saturated rings. The van der Waals surface area contributed by atoms with Crippen LogP contribution in [0.25, 0.3) is 0 Å². The van der Waals surface area contributed by atoms with Crippen LogP contribution in [-0.4, -0.2) is 42.0 Å². The van der Waals surface area contributed by atoms with Gasteiger partial charge in [0, 0.05) is 48.9 Å². The fraction of sp³-hybridized carbons (Fsp3) is 0.250. The van der Waals surface area contributed by atoms with Gasteiger partial charge < -0.3 is 9.80 Å². The molecule has 0 saturated carbocycles. The predicted molar refractivity (Wildman–Crippen MR) is 133 cm³/mol. The molecule has 0 bridgehead atoms. The molecule has 2 atom stereocenters. The number of anilines is 1. The molecule has 4 nitrogen and oxygen atoms in total. The maximum Gasteiger partial charge on any atom is 0.253 e. The van der Waals surface area contributed by atoms with E-state index in [4.69, 9.17) is 46.4 Å². The maximum absolute atomic E-state index is 13.2. The fourth-order valence-corrected chi connectivity index (χ4v) is 4.73. The molecule has 1 aliphatic heterocycles. The van der Waals surface area contributed by atoms with Crippen molar-refractivity contribution in [2.45, 2.75) is 18.4 Å². The van der Waals surface area contributed by atoms with Gasteiger partial charge in [0.1, 0.15) is 5.82 Å². The number of aromatic nitrogens is 1. The van der Waals surface area contributed by atoms with Gasteiger partial charge in [0.25, 0.3) is 5.91 Å². The van der Waals surface area contributed by atoms with Crippen molar-refractivity contribution in [1.29, 1.82) is 0 Å². The molecular weight excluding hydrogens is 488 g/mol. The molecule has 1 saturated heterocycles. The fourth-order valence-electron chi connectivity index (χ4n) is 4.18. The summed E-state index contributed by atoms with van der Waals surface area (Å²) in [4.78, 5) is 21.7. The first-order valence-electron chi connectivity index (χ1n) is 10.2. The van der Waals surface area contributed by atoms with E-state index in [1.807, 2.05) is 36.2 Å². The SMILES string of the molecule is CN(C(=O)c1ccc(Cl)cc1)[C@@H]1CCN(c2ccc(Cl)cn2)C[C@H]1c1ccc(Cl)c(Cl)c1. The summed E-state index contributed by atoms with van der Waals surface area (Å²) in [7, 11) is 1.85. The molecule has 32 heavy (non-hydrogen) atoms. The normalized spacial score (nSPS) is 18.5. The first-order chi connectivity index (χ1) is 15.3. The molecular formula is C24H21Cl4N3O. The third-order valence-electron chi connectivity index (χ3n) is 5.89. The van der Waals surface area contributed by atoms with E-state index in [0.29, 0.717) is 32.2 Å². The lowest BCUT2D eigenvalue weighted by molar-refractivity contribution is 0.0687. The molecule has 1 aliphatic rings. The van der Waals surface area contributed by atoms with Crippen LogP contribution in [-0.2, 0) is 0 Å². The Morgan fingerprint density at radius 3 is 2.34 bits per heavy atom. The third-order valence-corrected chi connectivity index (χ3v) is 7.11. The number of rotatable bonds is 4. The van der Waals surface area contributed by atoms with Crippen LogP contribution in [0.3, 0.4) is 0 Å². The van der Waals surface area contributed by atoms with Gasteiger partial charge in [-0.1, -0.05) is 52.5 Å². The Labute approximate surface area is 207 Å². The van der Waals surface area contributed by atoms with Crippen LogP contribution in [0.2, 0.25) is 20.1 Å². The number of pyridine rings is 1. The smallest absolute Gasteiger partial charge is 0.253 e. The Morgan fingerprint density at radius 1 is 0.969 bits per heavy atom. The van der Waals surface area contributed by atoms with Crippen LogP contribution in [0.1, 0.15) is 28.3 Å². The Hall–Kier alpha value is -1.98. The Morgan fingerprint density at radius 2 is 1.69 bits per heavy atom. The zero-order valence-electron chi connectivity index (χ0n) is 17.3. The van der Waals surface area contributed by atoms with Gasteiger partial charge in [0.15, 0.2) is 0 Å². The van der Waals surface area contributed by atoms with E-state index in [1.165, 1.54) is 0 Å². The highest BCUT2D eigenvalue weighted by Crippen LogP contribution is 2.35. The highest BCUT2D eigenvalue weighted by atomic mass is 35.5. The maximum atomic E-state index is 13.2. The molecule has 4 rings (SSSR count). The van der Waals surface area contributed by atoms with Crippen molar-refractivity contribution in [3.8, 4) is 0 Å². The number of likely N-dealkylation sites (N-methyl/N-ethyl adjacent to an activating group) is 1. The van der Waals surface area contributed by atoms with E-state index >= 15 is 0 Å². The number of halogens is 4. The second kappa shape index (κ2) is 9.88. The lowest BCUT2D eigenvalue weighted by Gasteiger charge is -2.43. The molecule has 1 amide bonds. The predicted octanol–water partition coefficient (Wildman–Crippen LogP) is 6.83. The van der Waals surface area contributed by atoms with Crippen molar-refractivity contribution >= 4 is 58.1 Å². The highest BCUT2D eigenvalue weighted by molar-refractivity contribution is 6.42. The molecule has 0 aliphatic carbocycles. The number of carbonyl (C=O) groups excluding carboxylic acids is 1. The van der Waals surface area contributed by atoms with Crippen molar-refractivity contribution < 1.29 is 4.79 Å². The average Bonchev–Trinajstić information content (AvgIpc) is 2.80. The van der Waals surface area contributed by atoms with Gasteiger partial charge in [-0.25, -0.2) is 4.98 Å². The first kappa shape index (κ1) is 23.2. The summed E-state index contributed by atoms with van der Waals surface area (Å²) >= 11 is 24.5. The molecule has 3 aromatic rings. The van der Waals surface area contributed by atoms with Gasteiger partial charge >= 0.3 is 0 Å². The average molecular weight is 509 g/mol. The minimum atomic E-state index is -0.0465. The first-order valence-corrected chi connectivity index (χ1v) is 11.7. The summed E-state index contributed by atoms with van der Waals surface area (Å²) in [5.41, 5.74) is 1.63. The van der Waals surface area contributed by atoms with Crippen LogP contribution < -0.4 is 4.90 Å². The van der Waals surface area contributed by atoms with E-state index in [9.17, 15) is 4.79 Å². The number of hydrogen-bond acceptors (Lipinski definition) is 3. The van der Waals surface area contributed by atoms with Crippen molar-refractivity contribution in [3.63, 3.8) is 0 Å². The highest BCUT2D eigenvalue weighted by Gasteiger charge is 2.36. The number of piperidine rings is 1. The van der Waals surface area contributed by atoms with E-state index in [0.717, 1.165) is 24.3 Å². The summed E-state index contributed by atoms with van der Waals surface area (Å²) in [5.74, 6) is 0.816. The number of amides is 1. The van der Waals surface area contributed by atoms with Crippen molar-refractivity contribution in [2.75, 3.05) is 25.0 Å². The number of benzene rings is 2. The summed E-state index contributed by atoms with van der Waals surface area (Å²) < 4.78 is 0. The van der Waals surface area contributed by atoms with Gasteiger partial charge in [-0.15, -0.1) is 0 Å². The summed E-state index contributed by atoms with van der Waals surface area (Å²) in [6.45, 7) is 1.44. The van der Waals surface area contributed by atoms with Crippen LogP contribution in [0.15, 0.2) is 60.8 Å². The van der Waals surface area contributed by atoms with Gasteiger partial charge in [0.05, 0.1) is 15.1 Å². The van der Waals surface area contributed by atoms with E-state index in [1.54, 1.807) is 36.5 Å². The lowest BCUT2D eigenvalue weighted by Crippen LogP contribution is -2.50. The molecule has 166 valence electrons. The zero-order valence-corrected chi connectivity index (χ0v) is 20.3. The van der Waals surface area contributed by atoms with Gasteiger partial charge in [-0.05, 0) is 60.5 Å². The van der Waals surface area contributed by atoms with Crippen LogP contribution in [0.5, 0.6) is 0 Å². The second-order valence-corrected chi connectivity index (χ2v) is 9.53. The standard InChI is InChI=1S/C24H21Cl4N3O/c1-30(24(32)15-2-5-17(25)6-3-15)22-10-11-31(23-9-7-18(26)13-29-23)14-19(22)16-4-8-20(27)21(28)12-16/h2-9,12-13,19,22H,10-11,14H2,1H3/t19-,22+/m0/s1. The monoisotopic (exact) mass is 507 g/mol.